The lowest BCUT2D eigenvalue weighted by atomic mass is 9.94. The van der Waals surface area contributed by atoms with Gasteiger partial charge in [-0.2, -0.15) is 0 Å². The number of halogens is 4. The zero-order valence-corrected chi connectivity index (χ0v) is 19.6. The molecule has 0 unspecified atom stereocenters. The summed E-state index contributed by atoms with van der Waals surface area (Å²) in [6.45, 7) is 0.701. The van der Waals surface area contributed by atoms with Crippen LogP contribution in [0.5, 0.6) is 0 Å². The minimum atomic E-state index is -3.21. The molecule has 4 rings (SSSR count). The Hall–Kier alpha value is -3.18. The highest BCUT2D eigenvalue weighted by Gasteiger charge is 2.49. The highest BCUT2D eigenvalue weighted by molar-refractivity contribution is 6.31. The van der Waals surface area contributed by atoms with Crippen molar-refractivity contribution in [3.63, 3.8) is 0 Å². The van der Waals surface area contributed by atoms with E-state index in [0.717, 1.165) is 29.7 Å². The number of ether oxygens (including phenoxy) is 1. The van der Waals surface area contributed by atoms with E-state index in [9.17, 15) is 27.9 Å². The Morgan fingerprint density at radius 3 is 2.71 bits per heavy atom. The number of nitrogens with zero attached hydrogens (tertiary/aromatic N) is 3. The first kappa shape index (κ1) is 24.9. The number of aliphatic carboxylic acids is 1. The topological polar surface area (TPSA) is 104 Å². The Kier molecular flexibility index (Phi) is 6.74. The van der Waals surface area contributed by atoms with Crippen molar-refractivity contribution < 1.29 is 32.6 Å². The third-order valence-corrected chi connectivity index (χ3v) is 6.38. The number of likely N-dealkylation sites (tertiary alicyclic amines) is 1. The summed E-state index contributed by atoms with van der Waals surface area (Å²) in [6, 6.07) is 1.07. The van der Waals surface area contributed by atoms with Crippen molar-refractivity contribution in [1.29, 1.82) is 0 Å². The van der Waals surface area contributed by atoms with Crippen molar-refractivity contribution >= 4 is 35.6 Å². The first-order valence-electron chi connectivity index (χ1n) is 10.7. The van der Waals surface area contributed by atoms with E-state index in [-0.39, 0.29) is 34.2 Å². The second-order valence-corrected chi connectivity index (χ2v) is 8.93. The molecule has 8 nitrogen and oxygen atoms in total. The van der Waals surface area contributed by atoms with Gasteiger partial charge in [-0.25, -0.2) is 18.0 Å². The van der Waals surface area contributed by atoms with Crippen LogP contribution in [-0.2, 0) is 14.3 Å². The van der Waals surface area contributed by atoms with Crippen LogP contribution in [0, 0.1) is 5.82 Å². The fourth-order valence-electron chi connectivity index (χ4n) is 4.38. The summed E-state index contributed by atoms with van der Waals surface area (Å²) in [6.07, 6.45) is 1.39. The van der Waals surface area contributed by atoms with E-state index in [1.165, 1.54) is 6.07 Å². The van der Waals surface area contributed by atoms with Crippen molar-refractivity contribution in [2.75, 3.05) is 20.2 Å². The number of carbonyl (C=O) groups excluding carboxylic acids is 1. The molecule has 3 aliphatic rings. The third-order valence-electron chi connectivity index (χ3n) is 6.05. The van der Waals surface area contributed by atoms with Crippen LogP contribution in [0.25, 0.3) is 0 Å². The van der Waals surface area contributed by atoms with Crippen LogP contribution in [-0.4, -0.2) is 66.2 Å². The SMILES string of the molecule is COC(=O)C1=C(CN2CC(F)(F)C[C@H]2C(=O)O)NC(C2=C(C)CC=N2)=N[C@H]1c1ccc(F)cc1Cl. The number of amidine groups is 1. The molecule has 1 aromatic rings. The van der Waals surface area contributed by atoms with Gasteiger partial charge in [0.2, 0.25) is 0 Å². The number of esters is 1. The summed E-state index contributed by atoms with van der Waals surface area (Å²) in [5.74, 6) is -5.77. The summed E-state index contributed by atoms with van der Waals surface area (Å²) in [5, 5.41) is 12.5. The molecule has 1 aromatic carbocycles. The number of hydrogen-bond donors (Lipinski definition) is 2. The molecule has 0 spiro atoms. The zero-order valence-electron chi connectivity index (χ0n) is 18.8. The van der Waals surface area contributed by atoms with Gasteiger partial charge in [0.25, 0.3) is 5.92 Å². The van der Waals surface area contributed by atoms with Gasteiger partial charge in [-0.05, 0) is 24.6 Å². The van der Waals surface area contributed by atoms with E-state index in [4.69, 9.17) is 16.3 Å². The van der Waals surface area contributed by atoms with Crippen LogP contribution in [0.1, 0.15) is 31.4 Å². The van der Waals surface area contributed by atoms with Gasteiger partial charge in [0.1, 0.15) is 23.6 Å². The molecule has 2 N–H and O–H groups in total. The number of aliphatic imine (C=N–C) groups is 2. The molecule has 1 saturated heterocycles. The van der Waals surface area contributed by atoms with E-state index in [1.54, 1.807) is 6.21 Å². The summed E-state index contributed by atoms with van der Waals surface area (Å²) in [4.78, 5) is 34.6. The van der Waals surface area contributed by atoms with Gasteiger partial charge in [0.15, 0.2) is 5.84 Å². The van der Waals surface area contributed by atoms with E-state index < -0.39 is 48.7 Å². The molecule has 0 bridgehead atoms. The first-order valence-corrected chi connectivity index (χ1v) is 11.1. The maximum Gasteiger partial charge on any atom is 0.338 e. The molecule has 35 heavy (non-hydrogen) atoms. The Morgan fingerprint density at radius 1 is 1.37 bits per heavy atom. The summed E-state index contributed by atoms with van der Waals surface area (Å²) < 4.78 is 47.0. The predicted molar refractivity (Wildman–Crippen MR) is 122 cm³/mol. The lowest BCUT2D eigenvalue weighted by Crippen LogP contribution is -2.43. The predicted octanol–water partition coefficient (Wildman–Crippen LogP) is 3.49. The van der Waals surface area contributed by atoms with Crippen molar-refractivity contribution in [2.24, 2.45) is 9.98 Å². The zero-order chi connectivity index (χ0) is 25.5. The van der Waals surface area contributed by atoms with Crippen molar-refractivity contribution in [3.05, 3.63) is 57.1 Å². The number of hydrogen-bond acceptors (Lipinski definition) is 7. The standard InChI is InChI=1S/C23H22ClF3N4O4/c1-11-5-6-28-18(11)20-29-15(9-31-10-23(26,27)8-16(31)21(32)33)17(22(34)35-2)19(30-20)13-4-3-12(25)7-14(13)24/h3-4,6-7,16,19H,5,8-10H2,1-2H3,(H,29,30)(H,32,33)/t16-,19-/m0/s1. The number of benzene rings is 1. The van der Waals surface area contributed by atoms with Gasteiger partial charge < -0.3 is 15.2 Å². The van der Waals surface area contributed by atoms with E-state index in [0.29, 0.717) is 12.1 Å². The molecule has 3 aliphatic heterocycles. The highest BCUT2D eigenvalue weighted by atomic mass is 35.5. The lowest BCUT2D eigenvalue weighted by Gasteiger charge is -2.31. The van der Waals surface area contributed by atoms with Crippen LogP contribution in [0.2, 0.25) is 5.02 Å². The van der Waals surface area contributed by atoms with Gasteiger partial charge in [-0.3, -0.25) is 19.7 Å². The smallest absolute Gasteiger partial charge is 0.338 e. The van der Waals surface area contributed by atoms with E-state index in [2.05, 4.69) is 15.3 Å². The largest absolute Gasteiger partial charge is 0.480 e. The number of carbonyl (C=O) groups is 2. The molecule has 0 radical (unpaired) electrons. The second kappa shape index (κ2) is 9.46. The lowest BCUT2D eigenvalue weighted by molar-refractivity contribution is -0.142. The summed E-state index contributed by atoms with van der Waals surface area (Å²) in [7, 11) is 1.15. The molecular formula is C23H22ClF3N4O4. The first-order chi connectivity index (χ1) is 16.5. The van der Waals surface area contributed by atoms with Crippen molar-refractivity contribution in [2.45, 2.75) is 37.8 Å². The maximum atomic E-state index is 14.2. The summed E-state index contributed by atoms with van der Waals surface area (Å²) in [5.41, 5.74) is 1.73. The van der Waals surface area contributed by atoms with Gasteiger partial charge in [-0.1, -0.05) is 17.7 Å². The number of carboxylic acids is 1. The molecule has 0 saturated carbocycles. The monoisotopic (exact) mass is 510 g/mol. The fourth-order valence-corrected chi connectivity index (χ4v) is 4.65. The van der Waals surface area contributed by atoms with Gasteiger partial charge in [0.05, 0.1) is 19.2 Å². The van der Waals surface area contributed by atoms with Crippen molar-refractivity contribution in [3.8, 4) is 0 Å². The van der Waals surface area contributed by atoms with Gasteiger partial charge in [0, 0.05) is 41.9 Å². The average Bonchev–Trinajstić information content (AvgIpc) is 3.34. The number of carboxylic acid groups (broad SMARTS) is 1. The Balaban J connectivity index is 1.85. The molecule has 3 heterocycles. The second-order valence-electron chi connectivity index (χ2n) is 8.52. The fraction of sp³-hybridized carbons (Fsp3) is 0.391. The average molecular weight is 511 g/mol. The van der Waals surface area contributed by atoms with Crippen molar-refractivity contribution in [1.82, 2.24) is 10.2 Å². The van der Waals surface area contributed by atoms with Gasteiger partial charge >= 0.3 is 11.9 Å². The Bertz CT molecular complexity index is 1210. The number of rotatable bonds is 6. The number of nitrogens with one attached hydrogen (secondary N) is 1. The molecule has 186 valence electrons. The van der Waals surface area contributed by atoms with Gasteiger partial charge in [-0.15, -0.1) is 0 Å². The molecule has 0 aromatic heterocycles. The highest BCUT2D eigenvalue weighted by Crippen LogP contribution is 2.39. The molecule has 0 amide bonds. The summed E-state index contributed by atoms with van der Waals surface area (Å²) >= 11 is 6.30. The number of methoxy groups -OCH3 is 1. The van der Waals surface area contributed by atoms with Crippen LogP contribution in [0.15, 0.2) is 50.7 Å². The quantitative estimate of drug-likeness (QED) is 0.568. The molecule has 12 heteroatoms. The normalized spacial score (nSPS) is 24.0. The van der Waals surface area contributed by atoms with E-state index >= 15 is 0 Å². The molecule has 2 atom stereocenters. The molecule has 1 fully saturated rings. The molecule has 0 aliphatic carbocycles. The van der Waals surface area contributed by atoms with E-state index in [1.807, 2.05) is 6.92 Å². The number of alkyl halides is 2. The van der Waals surface area contributed by atoms with Crippen LogP contribution < -0.4 is 5.32 Å². The Morgan fingerprint density at radius 2 is 2.11 bits per heavy atom. The van der Waals surface area contributed by atoms with Crippen LogP contribution in [0.4, 0.5) is 13.2 Å². The third kappa shape index (κ3) is 4.96. The Labute approximate surface area is 203 Å². The minimum Gasteiger partial charge on any atom is -0.480 e. The number of allylic oxidation sites excluding steroid dienone is 1. The van der Waals surface area contributed by atoms with Crippen LogP contribution in [0.3, 0.4) is 0 Å². The van der Waals surface area contributed by atoms with Crippen LogP contribution >= 0.6 is 11.6 Å². The maximum absolute atomic E-state index is 14.2. The minimum absolute atomic E-state index is 0.00232. The molecular weight excluding hydrogens is 489 g/mol.